The standard InChI is InChI=1S/C16H22N4O2/c1-18-16(20-13-8-12-5-6-14(13)22-12)19-9-10-3-2-4-11(7-10)15(17)21/h2-4,7,12-14H,5-6,8-9H2,1H3,(H2,17,21)(H2,18,19,20). The number of guanidine groups is 1. The van der Waals surface area contributed by atoms with E-state index in [4.69, 9.17) is 10.5 Å². The molecule has 2 aliphatic rings. The SMILES string of the molecule is CN=C(NCc1cccc(C(N)=O)c1)NC1CC2CCC1O2. The molecule has 1 aromatic carbocycles. The van der Waals surface area contributed by atoms with Crippen LogP contribution in [-0.2, 0) is 11.3 Å². The third-order valence-electron chi connectivity index (χ3n) is 4.32. The second-order valence-corrected chi connectivity index (χ2v) is 5.85. The summed E-state index contributed by atoms with van der Waals surface area (Å²) in [7, 11) is 1.75. The molecule has 1 amide bonds. The first-order valence-corrected chi connectivity index (χ1v) is 7.67. The molecule has 0 radical (unpaired) electrons. The number of nitrogens with zero attached hydrogens (tertiary/aromatic N) is 1. The molecule has 2 heterocycles. The number of nitrogens with one attached hydrogen (secondary N) is 2. The number of rotatable bonds is 4. The van der Waals surface area contributed by atoms with Gasteiger partial charge in [-0.2, -0.15) is 0 Å². The number of amides is 1. The monoisotopic (exact) mass is 302 g/mol. The van der Waals surface area contributed by atoms with Crippen molar-refractivity contribution in [2.45, 2.75) is 44.1 Å². The van der Waals surface area contributed by atoms with Crippen LogP contribution in [0.5, 0.6) is 0 Å². The minimum Gasteiger partial charge on any atom is -0.373 e. The van der Waals surface area contributed by atoms with Gasteiger partial charge in [0.25, 0.3) is 0 Å². The number of hydrogen-bond donors (Lipinski definition) is 3. The van der Waals surface area contributed by atoms with Crippen molar-refractivity contribution >= 4 is 11.9 Å². The first-order chi connectivity index (χ1) is 10.7. The average Bonchev–Trinajstić information content (AvgIpc) is 3.14. The molecule has 22 heavy (non-hydrogen) atoms. The molecule has 4 N–H and O–H groups in total. The molecule has 1 aromatic rings. The van der Waals surface area contributed by atoms with Gasteiger partial charge in [0.1, 0.15) is 0 Å². The van der Waals surface area contributed by atoms with E-state index in [2.05, 4.69) is 15.6 Å². The van der Waals surface area contributed by atoms with Gasteiger partial charge in [0.2, 0.25) is 5.91 Å². The molecule has 2 bridgehead atoms. The van der Waals surface area contributed by atoms with Gasteiger partial charge < -0.3 is 21.1 Å². The molecule has 3 atom stereocenters. The van der Waals surface area contributed by atoms with Crippen LogP contribution in [0.3, 0.4) is 0 Å². The van der Waals surface area contributed by atoms with E-state index in [1.807, 2.05) is 12.1 Å². The molecule has 6 nitrogen and oxygen atoms in total. The second-order valence-electron chi connectivity index (χ2n) is 5.85. The molecule has 3 rings (SSSR count). The molecule has 0 saturated carbocycles. The smallest absolute Gasteiger partial charge is 0.248 e. The molecular weight excluding hydrogens is 280 g/mol. The van der Waals surface area contributed by atoms with E-state index in [0.29, 0.717) is 30.4 Å². The lowest BCUT2D eigenvalue weighted by molar-refractivity contribution is 0.0990. The summed E-state index contributed by atoms with van der Waals surface area (Å²) in [5.74, 6) is 0.342. The Labute approximate surface area is 130 Å². The average molecular weight is 302 g/mol. The molecule has 2 fully saturated rings. The summed E-state index contributed by atoms with van der Waals surface area (Å²) < 4.78 is 5.84. The maximum atomic E-state index is 11.2. The van der Waals surface area contributed by atoms with Gasteiger partial charge in [-0.1, -0.05) is 12.1 Å². The van der Waals surface area contributed by atoms with Crippen LogP contribution in [0.1, 0.15) is 35.2 Å². The number of ether oxygens (including phenoxy) is 1. The number of benzene rings is 1. The fourth-order valence-electron chi connectivity index (χ4n) is 3.18. The van der Waals surface area contributed by atoms with Gasteiger partial charge in [0.05, 0.1) is 18.2 Å². The quantitative estimate of drug-likeness (QED) is 0.566. The van der Waals surface area contributed by atoms with E-state index in [9.17, 15) is 4.79 Å². The van der Waals surface area contributed by atoms with Crippen molar-refractivity contribution in [1.29, 1.82) is 0 Å². The Morgan fingerprint density at radius 3 is 2.95 bits per heavy atom. The Morgan fingerprint density at radius 1 is 1.45 bits per heavy atom. The molecule has 0 aromatic heterocycles. The zero-order valence-corrected chi connectivity index (χ0v) is 12.7. The summed E-state index contributed by atoms with van der Waals surface area (Å²) in [5, 5.41) is 6.70. The van der Waals surface area contributed by atoms with E-state index >= 15 is 0 Å². The summed E-state index contributed by atoms with van der Waals surface area (Å²) >= 11 is 0. The van der Waals surface area contributed by atoms with Crippen LogP contribution in [0.2, 0.25) is 0 Å². The maximum Gasteiger partial charge on any atom is 0.248 e. The van der Waals surface area contributed by atoms with Crippen molar-refractivity contribution in [2.24, 2.45) is 10.7 Å². The highest BCUT2D eigenvalue weighted by atomic mass is 16.5. The molecule has 0 aliphatic carbocycles. The molecule has 2 aliphatic heterocycles. The Morgan fingerprint density at radius 2 is 2.32 bits per heavy atom. The summed E-state index contributed by atoms with van der Waals surface area (Å²) in [6.07, 6.45) is 4.06. The predicted octanol–water partition coefficient (Wildman–Crippen LogP) is 0.770. The van der Waals surface area contributed by atoms with Crippen LogP contribution in [0.15, 0.2) is 29.3 Å². The van der Waals surface area contributed by atoms with Crippen LogP contribution >= 0.6 is 0 Å². The third-order valence-corrected chi connectivity index (χ3v) is 4.32. The molecule has 2 saturated heterocycles. The zero-order chi connectivity index (χ0) is 15.5. The minimum atomic E-state index is -0.413. The van der Waals surface area contributed by atoms with Crippen LogP contribution < -0.4 is 16.4 Å². The fraction of sp³-hybridized carbons (Fsp3) is 0.500. The van der Waals surface area contributed by atoms with Crippen molar-refractivity contribution < 1.29 is 9.53 Å². The first-order valence-electron chi connectivity index (χ1n) is 7.67. The van der Waals surface area contributed by atoms with Crippen molar-refractivity contribution in [3.05, 3.63) is 35.4 Å². The fourth-order valence-corrected chi connectivity index (χ4v) is 3.18. The van der Waals surface area contributed by atoms with Gasteiger partial charge in [-0.15, -0.1) is 0 Å². The third kappa shape index (κ3) is 3.22. The topological polar surface area (TPSA) is 88.7 Å². The lowest BCUT2D eigenvalue weighted by Crippen LogP contribution is -2.47. The summed E-state index contributed by atoms with van der Waals surface area (Å²) in [4.78, 5) is 15.5. The van der Waals surface area contributed by atoms with Gasteiger partial charge in [-0.25, -0.2) is 0 Å². The van der Waals surface area contributed by atoms with Gasteiger partial charge in [0, 0.05) is 19.2 Å². The van der Waals surface area contributed by atoms with E-state index in [1.165, 1.54) is 6.42 Å². The first kappa shape index (κ1) is 14.8. The van der Waals surface area contributed by atoms with Gasteiger partial charge in [0.15, 0.2) is 5.96 Å². The Bertz CT molecular complexity index is 587. The van der Waals surface area contributed by atoms with Crippen molar-refractivity contribution in [3.8, 4) is 0 Å². The molecular formula is C16H22N4O2. The summed E-state index contributed by atoms with van der Waals surface area (Å²) in [5.41, 5.74) is 6.81. The second kappa shape index (κ2) is 6.36. The van der Waals surface area contributed by atoms with E-state index in [-0.39, 0.29) is 0 Å². The number of carbonyl (C=O) groups is 1. The lowest BCUT2D eigenvalue weighted by Gasteiger charge is -2.22. The Balaban J connectivity index is 1.55. The number of primary amides is 1. The van der Waals surface area contributed by atoms with E-state index < -0.39 is 5.91 Å². The number of aliphatic imine (C=N–C) groups is 1. The van der Waals surface area contributed by atoms with Gasteiger partial charge >= 0.3 is 0 Å². The van der Waals surface area contributed by atoms with Crippen molar-refractivity contribution in [1.82, 2.24) is 10.6 Å². The number of carbonyl (C=O) groups excluding carboxylic acids is 1. The normalized spacial score (nSPS) is 27.0. The molecule has 6 heteroatoms. The minimum absolute atomic E-state index is 0.307. The molecule has 3 unspecified atom stereocenters. The van der Waals surface area contributed by atoms with Gasteiger partial charge in [-0.05, 0) is 37.0 Å². The van der Waals surface area contributed by atoms with E-state index in [0.717, 1.165) is 24.4 Å². The van der Waals surface area contributed by atoms with Crippen LogP contribution in [0, 0.1) is 0 Å². The number of hydrogen-bond acceptors (Lipinski definition) is 3. The van der Waals surface area contributed by atoms with Crippen LogP contribution in [-0.4, -0.2) is 37.2 Å². The summed E-state index contributed by atoms with van der Waals surface area (Å²) in [6.45, 7) is 0.586. The number of fused-ring (bicyclic) bond motifs is 2. The Hall–Kier alpha value is -2.08. The maximum absolute atomic E-state index is 11.2. The van der Waals surface area contributed by atoms with Crippen molar-refractivity contribution in [3.63, 3.8) is 0 Å². The van der Waals surface area contributed by atoms with Gasteiger partial charge in [-0.3, -0.25) is 9.79 Å². The molecule has 0 spiro atoms. The Kier molecular flexibility index (Phi) is 4.29. The van der Waals surface area contributed by atoms with E-state index in [1.54, 1.807) is 19.2 Å². The highest BCUT2D eigenvalue weighted by Crippen LogP contribution is 2.34. The lowest BCUT2D eigenvalue weighted by atomic mass is 9.96. The zero-order valence-electron chi connectivity index (χ0n) is 12.7. The summed E-state index contributed by atoms with van der Waals surface area (Å²) in [6, 6.07) is 7.63. The van der Waals surface area contributed by atoms with Crippen molar-refractivity contribution in [2.75, 3.05) is 7.05 Å². The highest BCUT2D eigenvalue weighted by molar-refractivity contribution is 5.92. The largest absolute Gasteiger partial charge is 0.373 e. The van der Waals surface area contributed by atoms with Crippen LogP contribution in [0.4, 0.5) is 0 Å². The predicted molar refractivity (Wildman–Crippen MR) is 84.6 cm³/mol. The highest BCUT2D eigenvalue weighted by Gasteiger charge is 2.41. The van der Waals surface area contributed by atoms with Crippen LogP contribution in [0.25, 0.3) is 0 Å². The molecule has 118 valence electrons. The number of nitrogens with two attached hydrogens (primary N) is 1.